The summed E-state index contributed by atoms with van der Waals surface area (Å²) in [5.41, 5.74) is 4.45. The number of nitrogens with one attached hydrogen (secondary N) is 2. The van der Waals surface area contributed by atoms with Gasteiger partial charge in [0.2, 0.25) is 0 Å². The van der Waals surface area contributed by atoms with Gasteiger partial charge in [0, 0.05) is 25.2 Å². The van der Waals surface area contributed by atoms with Gasteiger partial charge in [0.15, 0.2) is 0 Å². The Hall–Kier alpha value is -2.25. The van der Waals surface area contributed by atoms with Crippen molar-refractivity contribution in [3.8, 4) is 0 Å². The Morgan fingerprint density at radius 1 is 1.43 bits per heavy atom. The number of hydrogen-bond donors (Lipinski definition) is 3. The Kier molecular flexibility index (Phi) is 5.57. The van der Waals surface area contributed by atoms with Crippen molar-refractivity contribution in [1.29, 1.82) is 5.41 Å². The monoisotopic (exact) mass is 302 g/mol. The van der Waals surface area contributed by atoms with Crippen molar-refractivity contribution in [2.75, 3.05) is 18.4 Å². The zero-order valence-electron chi connectivity index (χ0n) is 11.5. The molecule has 0 spiro atoms. The van der Waals surface area contributed by atoms with E-state index in [0.717, 1.165) is 12.1 Å². The minimum atomic E-state index is -4.46. The van der Waals surface area contributed by atoms with E-state index in [-0.39, 0.29) is 24.5 Å². The highest BCUT2D eigenvalue weighted by molar-refractivity contribution is 5.89. The molecule has 5 nitrogen and oxygen atoms in total. The molecule has 0 unspecified atom stereocenters. The lowest BCUT2D eigenvalue weighted by Gasteiger charge is -2.21. The maximum absolute atomic E-state index is 12.6. The van der Waals surface area contributed by atoms with Gasteiger partial charge < -0.3 is 16.0 Å². The van der Waals surface area contributed by atoms with Crippen molar-refractivity contribution in [2.24, 2.45) is 5.73 Å². The van der Waals surface area contributed by atoms with Crippen molar-refractivity contribution in [3.63, 3.8) is 0 Å². The minimum absolute atomic E-state index is 0.0553. The molecule has 0 radical (unpaired) electrons. The van der Waals surface area contributed by atoms with Crippen LogP contribution in [0.3, 0.4) is 0 Å². The van der Waals surface area contributed by atoms with Gasteiger partial charge in [-0.2, -0.15) is 13.2 Å². The van der Waals surface area contributed by atoms with Crippen LogP contribution in [0.4, 0.5) is 23.7 Å². The molecule has 1 aromatic rings. The Morgan fingerprint density at radius 3 is 2.62 bits per heavy atom. The molecule has 0 aliphatic rings. The molecule has 8 heteroatoms. The van der Waals surface area contributed by atoms with Crippen molar-refractivity contribution >= 4 is 17.6 Å². The highest BCUT2D eigenvalue weighted by Crippen LogP contribution is 2.30. The summed E-state index contributed by atoms with van der Waals surface area (Å²) in [4.78, 5) is 13.3. The van der Waals surface area contributed by atoms with Crippen LogP contribution >= 0.6 is 0 Å². The quantitative estimate of drug-likeness (QED) is 0.577. The SMILES string of the molecule is CCN(CCC(=N)N)C(=O)Nc1cccc(C(F)(F)F)c1. The van der Waals surface area contributed by atoms with Gasteiger partial charge in [0.1, 0.15) is 0 Å². The first-order valence-corrected chi connectivity index (χ1v) is 6.30. The van der Waals surface area contributed by atoms with Crippen LogP contribution in [-0.4, -0.2) is 29.9 Å². The van der Waals surface area contributed by atoms with Crippen LogP contribution < -0.4 is 11.1 Å². The van der Waals surface area contributed by atoms with Gasteiger partial charge in [-0.05, 0) is 25.1 Å². The van der Waals surface area contributed by atoms with E-state index in [1.165, 1.54) is 17.0 Å². The Bertz CT molecular complexity index is 516. The number of nitrogens with zero attached hydrogens (tertiary/aromatic N) is 1. The first kappa shape index (κ1) is 16.8. The molecule has 0 aliphatic heterocycles. The van der Waals surface area contributed by atoms with Crippen LogP contribution in [0.25, 0.3) is 0 Å². The lowest BCUT2D eigenvalue weighted by Crippen LogP contribution is -2.37. The second-order valence-electron chi connectivity index (χ2n) is 4.36. The number of amides is 2. The summed E-state index contributed by atoms with van der Waals surface area (Å²) in [6.07, 6.45) is -4.25. The normalized spacial score (nSPS) is 11.0. The number of nitrogens with two attached hydrogens (primary N) is 1. The number of hydrogen-bond acceptors (Lipinski definition) is 2. The molecule has 0 fully saturated rings. The topological polar surface area (TPSA) is 82.2 Å². The molecule has 0 saturated heterocycles. The van der Waals surface area contributed by atoms with Crippen LogP contribution in [0.15, 0.2) is 24.3 Å². The smallest absolute Gasteiger partial charge is 0.388 e. The maximum atomic E-state index is 12.6. The van der Waals surface area contributed by atoms with E-state index < -0.39 is 17.8 Å². The van der Waals surface area contributed by atoms with Crippen LogP contribution in [-0.2, 0) is 6.18 Å². The summed E-state index contributed by atoms with van der Waals surface area (Å²) in [5, 5.41) is 9.52. The third kappa shape index (κ3) is 5.33. The fourth-order valence-corrected chi connectivity index (χ4v) is 1.63. The highest BCUT2D eigenvalue weighted by atomic mass is 19.4. The molecule has 4 N–H and O–H groups in total. The average Bonchev–Trinajstić information content (AvgIpc) is 2.38. The number of carbonyl (C=O) groups excluding carboxylic acids is 1. The Morgan fingerprint density at radius 2 is 2.10 bits per heavy atom. The van der Waals surface area contributed by atoms with E-state index in [1.54, 1.807) is 6.92 Å². The van der Waals surface area contributed by atoms with E-state index in [2.05, 4.69) is 5.32 Å². The number of benzene rings is 1. The summed E-state index contributed by atoms with van der Waals surface area (Å²) in [6, 6.07) is 3.88. The largest absolute Gasteiger partial charge is 0.416 e. The molecule has 0 bridgehead atoms. The average molecular weight is 302 g/mol. The van der Waals surface area contributed by atoms with Gasteiger partial charge in [-0.1, -0.05) is 6.07 Å². The molecule has 2 amide bonds. The summed E-state index contributed by atoms with van der Waals surface area (Å²) >= 11 is 0. The molecule has 1 aromatic carbocycles. The van der Waals surface area contributed by atoms with E-state index in [0.29, 0.717) is 6.54 Å². The molecule has 21 heavy (non-hydrogen) atoms. The maximum Gasteiger partial charge on any atom is 0.416 e. The summed E-state index contributed by atoms with van der Waals surface area (Å²) in [5.74, 6) is -0.0553. The first-order chi connectivity index (χ1) is 9.74. The Balaban J connectivity index is 2.75. The van der Waals surface area contributed by atoms with Crippen molar-refractivity contribution in [1.82, 2.24) is 4.90 Å². The molecule has 0 heterocycles. The van der Waals surface area contributed by atoms with Gasteiger partial charge in [0.25, 0.3) is 0 Å². The van der Waals surface area contributed by atoms with Crippen molar-refractivity contribution in [3.05, 3.63) is 29.8 Å². The van der Waals surface area contributed by atoms with Gasteiger partial charge in [0.05, 0.1) is 11.4 Å². The van der Waals surface area contributed by atoms with Gasteiger partial charge >= 0.3 is 12.2 Å². The lowest BCUT2D eigenvalue weighted by atomic mass is 10.2. The standard InChI is InChI=1S/C13H17F3N4O/c1-2-20(7-6-11(17)18)12(21)19-10-5-3-4-9(8-10)13(14,15)16/h3-5,8H,2,6-7H2,1H3,(H3,17,18)(H,19,21). The van der Waals surface area contributed by atoms with Crippen LogP contribution in [0.5, 0.6) is 0 Å². The van der Waals surface area contributed by atoms with E-state index >= 15 is 0 Å². The fraction of sp³-hybridized carbons (Fsp3) is 0.385. The summed E-state index contributed by atoms with van der Waals surface area (Å²) in [6.45, 7) is 2.32. The molecule has 116 valence electrons. The van der Waals surface area contributed by atoms with Gasteiger partial charge in [-0.15, -0.1) is 0 Å². The Labute approximate surface area is 120 Å². The molecule has 1 rings (SSSR count). The lowest BCUT2D eigenvalue weighted by molar-refractivity contribution is -0.137. The van der Waals surface area contributed by atoms with Crippen molar-refractivity contribution in [2.45, 2.75) is 19.5 Å². The molecule has 0 atom stereocenters. The van der Waals surface area contributed by atoms with E-state index in [1.807, 2.05) is 0 Å². The second-order valence-corrected chi connectivity index (χ2v) is 4.36. The predicted octanol–water partition coefficient (Wildman–Crippen LogP) is 2.89. The van der Waals surface area contributed by atoms with Gasteiger partial charge in [-0.25, -0.2) is 4.79 Å². The molecule has 0 aliphatic carbocycles. The zero-order chi connectivity index (χ0) is 16.0. The third-order valence-corrected chi connectivity index (χ3v) is 2.76. The predicted molar refractivity (Wildman–Crippen MR) is 74.2 cm³/mol. The number of urea groups is 1. The number of amidine groups is 1. The van der Waals surface area contributed by atoms with Crippen molar-refractivity contribution < 1.29 is 18.0 Å². The molecule has 0 saturated carbocycles. The first-order valence-electron chi connectivity index (χ1n) is 6.30. The number of carbonyl (C=O) groups is 1. The number of rotatable bonds is 5. The number of alkyl halides is 3. The second kappa shape index (κ2) is 6.96. The summed E-state index contributed by atoms with van der Waals surface area (Å²) in [7, 11) is 0. The number of anilines is 1. The van der Waals surface area contributed by atoms with Crippen LogP contribution in [0.1, 0.15) is 18.9 Å². The number of halogens is 3. The fourth-order valence-electron chi connectivity index (χ4n) is 1.63. The molecule has 0 aromatic heterocycles. The zero-order valence-corrected chi connectivity index (χ0v) is 11.5. The van der Waals surface area contributed by atoms with Crippen LogP contribution in [0.2, 0.25) is 0 Å². The van der Waals surface area contributed by atoms with E-state index in [4.69, 9.17) is 11.1 Å². The highest BCUT2D eigenvalue weighted by Gasteiger charge is 2.30. The molecular formula is C13H17F3N4O. The molecular weight excluding hydrogens is 285 g/mol. The van der Waals surface area contributed by atoms with E-state index in [9.17, 15) is 18.0 Å². The summed E-state index contributed by atoms with van der Waals surface area (Å²) < 4.78 is 37.7. The van der Waals surface area contributed by atoms with Crippen LogP contribution in [0, 0.1) is 5.41 Å². The minimum Gasteiger partial charge on any atom is -0.388 e. The van der Waals surface area contributed by atoms with Gasteiger partial charge in [-0.3, -0.25) is 5.41 Å². The third-order valence-electron chi connectivity index (χ3n) is 2.76.